The molecule has 1 aliphatic rings. The van der Waals surface area contributed by atoms with Gasteiger partial charge in [-0.05, 0) is 17.7 Å². The van der Waals surface area contributed by atoms with Crippen molar-refractivity contribution < 1.29 is 48.8 Å². The molecule has 0 amide bonds. The molecule has 3 N–H and O–H groups in total. The number of carbonyl (C=O) groups excluding carboxylic acids is 1. The Morgan fingerprint density at radius 2 is 1.80 bits per heavy atom. The molecule has 1 fully saturated rings. The van der Waals surface area contributed by atoms with Crippen molar-refractivity contribution in [3.8, 4) is 0 Å². The van der Waals surface area contributed by atoms with Crippen molar-refractivity contribution in [1.82, 2.24) is 0 Å². The summed E-state index contributed by atoms with van der Waals surface area (Å²) in [5.74, 6) is -1.26. The summed E-state index contributed by atoms with van der Waals surface area (Å²) in [6.45, 7) is -0.0625. The van der Waals surface area contributed by atoms with Gasteiger partial charge in [0.05, 0.1) is 12.6 Å². The molecule has 0 aliphatic carbocycles. The molecule has 1 heterocycles. The number of aliphatic hydroxyl groups is 3. The molecule has 1 saturated heterocycles. The predicted octanol–water partition coefficient (Wildman–Crippen LogP) is -4.41. The maximum Gasteiger partial charge on any atom is 1.00 e. The Morgan fingerprint density at radius 1 is 1.20 bits per heavy atom. The zero-order valence-corrected chi connectivity index (χ0v) is 11.6. The van der Waals surface area contributed by atoms with Crippen LogP contribution in [0.5, 0.6) is 0 Å². The molecule has 0 saturated carbocycles. The summed E-state index contributed by atoms with van der Waals surface area (Å²) in [6, 6.07) is 5.89. The van der Waals surface area contributed by atoms with Crippen molar-refractivity contribution in [2.24, 2.45) is 0 Å². The summed E-state index contributed by atoms with van der Waals surface area (Å²) < 4.78 is 5.23. The summed E-state index contributed by atoms with van der Waals surface area (Å²) in [6.07, 6.45) is -3.57. The first-order valence-electron chi connectivity index (χ1n) is 5.63. The minimum Gasteiger partial charge on any atom is -0.545 e. The first kappa shape index (κ1) is 17.5. The summed E-state index contributed by atoms with van der Waals surface area (Å²) in [5.41, 5.74) is -0.655. The molecule has 0 radical (unpaired) electrons. The third-order valence-corrected chi connectivity index (χ3v) is 3.99. The number of ether oxygens (including phenoxy) is 1. The van der Waals surface area contributed by atoms with E-state index >= 15 is 0 Å². The molecule has 2 rings (SSSR count). The van der Waals surface area contributed by atoms with Crippen LogP contribution < -0.4 is 24.0 Å². The fraction of sp³-hybridized carbons (Fsp3) is 0.417. The molecule has 0 bridgehead atoms. The van der Waals surface area contributed by atoms with Crippen molar-refractivity contribution in [2.75, 3.05) is 6.61 Å². The molecule has 1 aromatic carbocycles. The number of hydrogen-bond donors (Lipinski definition) is 3. The SMILES string of the molecule is O=C([O-])c1ccc(S[C@@H]2OC[C@@H](O)[C@H](O)[C@H]2O)cc1.[Li+]. The smallest absolute Gasteiger partial charge is 0.545 e. The molecular formula is C12H13LiO6S. The number of rotatable bonds is 3. The third-order valence-electron chi connectivity index (χ3n) is 2.80. The van der Waals surface area contributed by atoms with E-state index in [9.17, 15) is 25.2 Å². The third kappa shape index (κ3) is 3.99. The summed E-state index contributed by atoms with van der Waals surface area (Å²) in [7, 11) is 0. The Hall–Kier alpha value is -0.523. The molecule has 6 nitrogen and oxygen atoms in total. The average molecular weight is 292 g/mol. The van der Waals surface area contributed by atoms with E-state index in [1.165, 1.54) is 12.1 Å². The van der Waals surface area contributed by atoms with Crippen LogP contribution in [0.15, 0.2) is 29.2 Å². The van der Waals surface area contributed by atoms with Gasteiger partial charge < -0.3 is 30.0 Å². The maximum absolute atomic E-state index is 10.6. The van der Waals surface area contributed by atoms with Gasteiger partial charge in [0.25, 0.3) is 0 Å². The van der Waals surface area contributed by atoms with Crippen LogP contribution in [0, 0.1) is 0 Å². The molecule has 8 heteroatoms. The Kier molecular flexibility index (Phi) is 6.55. The van der Waals surface area contributed by atoms with Crippen LogP contribution in [-0.4, -0.2) is 51.6 Å². The van der Waals surface area contributed by atoms with Gasteiger partial charge in [-0.3, -0.25) is 0 Å². The van der Waals surface area contributed by atoms with Gasteiger partial charge in [0.2, 0.25) is 0 Å². The van der Waals surface area contributed by atoms with Crippen molar-refractivity contribution in [3.63, 3.8) is 0 Å². The van der Waals surface area contributed by atoms with E-state index in [0.29, 0.717) is 4.90 Å². The van der Waals surface area contributed by atoms with E-state index in [2.05, 4.69) is 0 Å². The van der Waals surface area contributed by atoms with Gasteiger partial charge in [-0.15, -0.1) is 0 Å². The van der Waals surface area contributed by atoms with Crippen LogP contribution in [-0.2, 0) is 4.74 Å². The van der Waals surface area contributed by atoms with E-state index < -0.39 is 29.7 Å². The van der Waals surface area contributed by atoms with Crippen LogP contribution in [0.25, 0.3) is 0 Å². The molecule has 20 heavy (non-hydrogen) atoms. The normalized spacial score (nSPS) is 29.6. The predicted molar refractivity (Wildman–Crippen MR) is 64.4 cm³/mol. The van der Waals surface area contributed by atoms with Crippen LogP contribution in [0.2, 0.25) is 0 Å². The van der Waals surface area contributed by atoms with E-state index in [-0.39, 0.29) is 31.0 Å². The van der Waals surface area contributed by atoms with Crippen LogP contribution in [0.4, 0.5) is 0 Å². The standard InChI is InChI=1S/C12H14O6S.Li/c13-8-5-18-12(10(15)9(8)14)19-7-3-1-6(2-4-7)11(16)17;/h1-4,8-10,12-15H,5H2,(H,16,17);/q;+1/p-1/t8-,9+,10-,12+;/m1./s1. The first-order valence-corrected chi connectivity index (χ1v) is 6.51. The molecule has 1 aromatic rings. The molecule has 0 aromatic heterocycles. The number of thioether (sulfide) groups is 1. The van der Waals surface area contributed by atoms with Crippen molar-refractivity contribution >= 4 is 17.7 Å². The van der Waals surface area contributed by atoms with Crippen molar-refractivity contribution in [2.45, 2.75) is 28.6 Å². The summed E-state index contributed by atoms with van der Waals surface area (Å²) >= 11 is 1.14. The zero-order chi connectivity index (χ0) is 14.0. The minimum absolute atomic E-state index is 0. The minimum atomic E-state index is -1.26. The molecule has 4 atom stereocenters. The van der Waals surface area contributed by atoms with Gasteiger partial charge in [0, 0.05) is 4.90 Å². The largest absolute Gasteiger partial charge is 1.00 e. The fourth-order valence-electron chi connectivity index (χ4n) is 1.69. The number of hydrogen-bond acceptors (Lipinski definition) is 7. The van der Waals surface area contributed by atoms with E-state index in [0.717, 1.165) is 11.8 Å². The Labute approximate surface area is 131 Å². The number of aromatic carboxylic acids is 1. The van der Waals surface area contributed by atoms with Crippen LogP contribution in [0.1, 0.15) is 10.4 Å². The fourth-order valence-corrected chi connectivity index (χ4v) is 2.70. The van der Waals surface area contributed by atoms with Gasteiger partial charge in [-0.1, -0.05) is 23.9 Å². The van der Waals surface area contributed by atoms with Crippen molar-refractivity contribution in [3.05, 3.63) is 29.8 Å². The first-order chi connectivity index (χ1) is 8.99. The second kappa shape index (κ2) is 7.48. The van der Waals surface area contributed by atoms with Gasteiger partial charge in [-0.2, -0.15) is 0 Å². The molecule has 0 spiro atoms. The number of aliphatic hydroxyl groups excluding tert-OH is 3. The van der Waals surface area contributed by atoms with Gasteiger partial charge >= 0.3 is 18.9 Å². The summed E-state index contributed by atoms with van der Waals surface area (Å²) in [5, 5.41) is 39.2. The molecule has 104 valence electrons. The van der Waals surface area contributed by atoms with E-state index in [4.69, 9.17) is 4.74 Å². The van der Waals surface area contributed by atoms with Crippen molar-refractivity contribution in [1.29, 1.82) is 0 Å². The quantitative estimate of drug-likeness (QED) is 0.482. The van der Waals surface area contributed by atoms with Gasteiger partial charge in [0.1, 0.15) is 23.7 Å². The second-order valence-electron chi connectivity index (χ2n) is 4.18. The van der Waals surface area contributed by atoms with Gasteiger partial charge in [0.15, 0.2) is 0 Å². The topological polar surface area (TPSA) is 110 Å². The van der Waals surface area contributed by atoms with E-state index in [1.54, 1.807) is 12.1 Å². The maximum atomic E-state index is 10.6. The molecular weight excluding hydrogens is 279 g/mol. The van der Waals surface area contributed by atoms with Crippen LogP contribution >= 0.6 is 11.8 Å². The number of carboxylic acids is 1. The second-order valence-corrected chi connectivity index (χ2v) is 5.35. The summed E-state index contributed by atoms with van der Waals surface area (Å²) in [4.78, 5) is 11.3. The Bertz CT molecular complexity index is 454. The molecule has 0 unspecified atom stereocenters. The zero-order valence-electron chi connectivity index (χ0n) is 10.8. The number of benzene rings is 1. The van der Waals surface area contributed by atoms with E-state index in [1.807, 2.05) is 0 Å². The Morgan fingerprint density at radius 3 is 2.35 bits per heavy atom. The average Bonchev–Trinajstić information content (AvgIpc) is 2.40. The molecule has 1 aliphatic heterocycles. The number of carbonyl (C=O) groups is 1. The van der Waals surface area contributed by atoms with Gasteiger partial charge in [-0.25, -0.2) is 0 Å². The number of carboxylic acid groups (broad SMARTS) is 1. The van der Waals surface area contributed by atoms with Crippen LogP contribution in [0.3, 0.4) is 0 Å². The Balaban J connectivity index is 0.00000200. The monoisotopic (exact) mass is 292 g/mol.